The van der Waals surface area contributed by atoms with E-state index in [4.69, 9.17) is 0 Å². The molecule has 1 atom stereocenters. The third kappa shape index (κ3) is 2.82. The highest BCUT2D eigenvalue weighted by molar-refractivity contribution is 5.85. The Kier molecular flexibility index (Phi) is 3.18. The van der Waals surface area contributed by atoms with Crippen molar-refractivity contribution in [2.24, 2.45) is 0 Å². The number of carbonyl (C=O) groups is 2. The van der Waals surface area contributed by atoms with Gasteiger partial charge in [0.05, 0.1) is 0 Å². The van der Waals surface area contributed by atoms with Gasteiger partial charge < -0.3 is 9.64 Å². The summed E-state index contributed by atoms with van der Waals surface area (Å²) in [5, 5.41) is 2.37. The molecule has 1 aliphatic rings. The molecule has 0 aromatic carbocycles. The SMILES string of the molecule is CN1CCNC(OC(=O)C(F)(F)F)C1=O. The number of amides is 1. The molecule has 5 nitrogen and oxygen atoms in total. The molecule has 1 heterocycles. The topological polar surface area (TPSA) is 58.6 Å². The molecule has 15 heavy (non-hydrogen) atoms. The second-order valence-electron chi connectivity index (χ2n) is 3.00. The first kappa shape index (κ1) is 11.8. The molecule has 0 aliphatic carbocycles. The molecular weight excluding hydrogens is 217 g/mol. The zero-order valence-corrected chi connectivity index (χ0v) is 7.80. The number of piperazine rings is 1. The number of hydrogen-bond donors (Lipinski definition) is 1. The van der Waals surface area contributed by atoms with E-state index < -0.39 is 24.3 Å². The van der Waals surface area contributed by atoms with Crippen LogP contribution in [0, 0.1) is 0 Å². The quantitative estimate of drug-likeness (QED) is 0.611. The summed E-state index contributed by atoms with van der Waals surface area (Å²) in [7, 11) is 1.41. The van der Waals surface area contributed by atoms with Crippen LogP contribution in [0.25, 0.3) is 0 Å². The second kappa shape index (κ2) is 4.05. The molecule has 1 amide bonds. The molecule has 0 aromatic rings. The Morgan fingerprint density at radius 2 is 2.20 bits per heavy atom. The number of halogens is 3. The zero-order chi connectivity index (χ0) is 11.6. The smallest absolute Gasteiger partial charge is 0.430 e. The van der Waals surface area contributed by atoms with Gasteiger partial charge in [-0.2, -0.15) is 13.2 Å². The van der Waals surface area contributed by atoms with Gasteiger partial charge in [-0.3, -0.25) is 10.1 Å². The Labute approximate surface area is 83.2 Å². The van der Waals surface area contributed by atoms with Crippen LogP contribution < -0.4 is 5.32 Å². The third-order valence-corrected chi connectivity index (χ3v) is 1.83. The van der Waals surface area contributed by atoms with Gasteiger partial charge in [-0.1, -0.05) is 0 Å². The average Bonchev–Trinajstić information content (AvgIpc) is 2.11. The van der Waals surface area contributed by atoms with Crippen LogP contribution in [0.3, 0.4) is 0 Å². The van der Waals surface area contributed by atoms with Gasteiger partial charge in [0.1, 0.15) is 0 Å². The largest absolute Gasteiger partial charge is 0.490 e. The molecule has 0 bridgehead atoms. The summed E-state index contributed by atoms with van der Waals surface area (Å²) in [6.07, 6.45) is -6.63. The molecule has 86 valence electrons. The van der Waals surface area contributed by atoms with E-state index in [9.17, 15) is 22.8 Å². The van der Waals surface area contributed by atoms with E-state index in [1.165, 1.54) is 11.9 Å². The maximum Gasteiger partial charge on any atom is 0.490 e. The van der Waals surface area contributed by atoms with Crippen LogP contribution in [0.4, 0.5) is 13.2 Å². The van der Waals surface area contributed by atoms with Crippen LogP contribution in [0.1, 0.15) is 0 Å². The lowest BCUT2D eigenvalue weighted by molar-refractivity contribution is -0.208. The first-order valence-corrected chi connectivity index (χ1v) is 4.08. The molecular formula is C7H9F3N2O3. The first-order chi connectivity index (χ1) is 6.82. The zero-order valence-electron chi connectivity index (χ0n) is 7.80. The molecule has 0 radical (unpaired) electrons. The van der Waals surface area contributed by atoms with Crippen LogP contribution in [-0.2, 0) is 14.3 Å². The molecule has 0 saturated carbocycles. The Morgan fingerprint density at radius 3 is 2.73 bits per heavy atom. The lowest BCUT2D eigenvalue weighted by Gasteiger charge is -2.29. The van der Waals surface area contributed by atoms with Crippen LogP contribution in [0.15, 0.2) is 0 Å². The minimum atomic E-state index is -5.09. The molecule has 0 aromatic heterocycles. The van der Waals surface area contributed by atoms with Crippen molar-refractivity contribution < 1.29 is 27.5 Å². The highest BCUT2D eigenvalue weighted by Gasteiger charge is 2.44. The van der Waals surface area contributed by atoms with Gasteiger partial charge in [0.25, 0.3) is 5.91 Å². The van der Waals surface area contributed by atoms with E-state index in [-0.39, 0.29) is 6.54 Å². The van der Waals surface area contributed by atoms with Gasteiger partial charge in [0, 0.05) is 20.1 Å². The van der Waals surface area contributed by atoms with Crippen molar-refractivity contribution in [2.75, 3.05) is 20.1 Å². The number of nitrogens with zero attached hydrogens (tertiary/aromatic N) is 1. The van der Waals surface area contributed by atoms with Crippen molar-refractivity contribution >= 4 is 11.9 Å². The van der Waals surface area contributed by atoms with Crippen molar-refractivity contribution in [3.63, 3.8) is 0 Å². The molecule has 1 aliphatic heterocycles. The first-order valence-electron chi connectivity index (χ1n) is 4.08. The van der Waals surface area contributed by atoms with Crippen molar-refractivity contribution in [3.05, 3.63) is 0 Å². The second-order valence-corrected chi connectivity index (χ2v) is 3.00. The summed E-state index contributed by atoms with van der Waals surface area (Å²) in [6.45, 7) is 0.636. The summed E-state index contributed by atoms with van der Waals surface area (Å²) in [5.74, 6) is -3.07. The van der Waals surface area contributed by atoms with Crippen molar-refractivity contribution in [2.45, 2.75) is 12.4 Å². The summed E-state index contributed by atoms with van der Waals surface area (Å²) in [6, 6.07) is 0. The van der Waals surface area contributed by atoms with E-state index in [1.807, 2.05) is 0 Å². The van der Waals surface area contributed by atoms with Crippen LogP contribution >= 0.6 is 0 Å². The van der Waals surface area contributed by atoms with Crippen LogP contribution in [0.5, 0.6) is 0 Å². The number of hydrogen-bond acceptors (Lipinski definition) is 4. The molecule has 1 N–H and O–H groups in total. The van der Waals surface area contributed by atoms with Gasteiger partial charge in [0.15, 0.2) is 0 Å². The number of carbonyl (C=O) groups excluding carboxylic acids is 2. The van der Waals surface area contributed by atoms with Crippen LogP contribution in [0.2, 0.25) is 0 Å². The number of ether oxygens (including phenoxy) is 1. The predicted octanol–water partition coefficient (Wildman–Crippen LogP) is -0.520. The van der Waals surface area contributed by atoms with E-state index in [1.54, 1.807) is 0 Å². The fourth-order valence-corrected chi connectivity index (χ4v) is 1.03. The molecule has 1 unspecified atom stereocenters. The van der Waals surface area contributed by atoms with E-state index in [0.29, 0.717) is 6.54 Å². The molecule has 1 rings (SSSR count). The molecule has 1 saturated heterocycles. The molecule has 1 fully saturated rings. The number of alkyl halides is 3. The van der Waals surface area contributed by atoms with Gasteiger partial charge in [-0.05, 0) is 0 Å². The number of nitrogens with one attached hydrogen (secondary N) is 1. The summed E-state index contributed by atoms with van der Waals surface area (Å²) in [4.78, 5) is 22.8. The Hall–Kier alpha value is -1.31. The number of esters is 1. The van der Waals surface area contributed by atoms with E-state index in [2.05, 4.69) is 10.1 Å². The minimum absolute atomic E-state index is 0.276. The normalized spacial score (nSPS) is 22.8. The monoisotopic (exact) mass is 226 g/mol. The average molecular weight is 226 g/mol. The number of rotatable bonds is 1. The molecule has 8 heteroatoms. The van der Waals surface area contributed by atoms with E-state index in [0.717, 1.165) is 0 Å². The highest BCUT2D eigenvalue weighted by atomic mass is 19.4. The highest BCUT2D eigenvalue weighted by Crippen LogP contribution is 2.17. The minimum Gasteiger partial charge on any atom is -0.430 e. The Balaban J connectivity index is 2.58. The number of likely N-dealkylation sites (N-methyl/N-ethyl adjacent to an activating group) is 1. The van der Waals surface area contributed by atoms with Gasteiger partial charge in [-0.25, -0.2) is 4.79 Å². The lowest BCUT2D eigenvalue weighted by Crippen LogP contribution is -2.56. The van der Waals surface area contributed by atoms with Crippen molar-refractivity contribution in [3.8, 4) is 0 Å². The summed E-state index contributed by atoms with van der Waals surface area (Å²) in [5.41, 5.74) is 0. The van der Waals surface area contributed by atoms with Gasteiger partial charge in [0.2, 0.25) is 6.23 Å². The van der Waals surface area contributed by atoms with Crippen LogP contribution in [-0.4, -0.2) is 49.3 Å². The van der Waals surface area contributed by atoms with Gasteiger partial charge in [-0.15, -0.1) is 0 Å². The fraction of sp³-hybridized carbons (Fsp3) is 0.714. The standard InChI is InChI=1S/C7H9F3N2O3/c1-12-3-2-11-4(5(12)13)15-6(14)7(8,9)10/h4,11H,2-3H2,1H3. The van der Waals surface area contributed by atoms with Crippen molar-refractivity contribution in [1.29, 1.82) is 0 Å². The third-order valence-electron chi connectivity index (χ3n) is 1.83. The fourth-order valence-electron chi connectivity index (χ4n) is 1.03. The molecule has 0 spiro atoms. The maximum absolute atomic E-state index is 11.8. The Morgan fingerprint density at radius 1 is 1.60 bits per heavy atom. The maximum atomic E-state index is 11.8. The van der Waals surface area contributed by atoms with Gasteiger partial charge >= 0.3 is 12.1 Å². The predicted molar refractivity (Wildman–Crippen MR) is 41.6 cm³/mol. The van der Waals surface area contributed by atoms with Crippen molar-refractivity contribution in [1.82, 2.24) is 10.2 Å². The Bertz CT molecular complexity index is 279. The summed E-state index contributed by atoms with van der Waals surface area (Å²) >= 11 is 0. The lowest BCUT2D eigenvalue weighted by atomic mass is 10.3. The summed E-state index contributed by atoms with van der Waals surface area (Å²) < 4.78 is 39.4. The van der Waals surface area contributed by atoms with E-state index >= 15 is 0 Å².